The Labute approximate surface area is 216 Å². The molecule has 3 amide bonds. The van der Waals surface area contributed by atoms with Crippen LogP contribution in [0, 0.1) is 0 Å². The average molecular weight is 505 g/mol. The fourth-order valence-corrected chi connectivity index (χ4v) is 5.13. The normalized spacial score (nSPS) is 20.1. The molecule has 0 saturated carbocycles. The zero-order valence-electron chi connectivity index (χ0n) is 21.5. The fraction of sp³-hybridized carbons (Fsp3) is 0.429. The number of ether oxygens (including phenoxy) is 1. The van der Waals surface area contributed by atoms with Crippen LogP contribution >= 0.6 is 0 Å². The number of amides is 3. The number of nitrogens with one attached hydrogen (secondary N) is 1. The summed E-state index contributed by atoms with van der Waals surface area (Å²) in [5.74, 6) is -1.16. The molecule has 0 aromatic heterocycles. The van der Waals surface area contributed by atoms with Crippen molar-refractivity contribution in [2.24, 2.45) is 0 Å². The van der Waals surface area contributed by atoms with Crippen molar-refractivity contribution >= 4 is 35.1 Å². The molecule has 2 aromatic carbocycles. The number of piperazine rings is 1. The first-order valence-corrected chi connectivity index (χ1v) is 12.7. The van der Waals surface area contributed by atoms with E-state index < -0.39 is 17.6 Å². The fourth-order valence-electron chi connectivity index (χ4n) is 5.13. The van der Waals surface area contributed by atoms with E-state index in [1.807, 2.05) is 63.2 Å². The predicted octanol–water partition coefficient (Wildman–Crippen LogP) is 2.73. The van der Waals surface area contributed by atoms with Gasteiger partial charge >= 0.3 is 5.97 Å². The molecule has 9 nitrogen and oxygen atoms in total. The Bertz CT molecular complexity index is 1240. The molecule has 5 rings (SSSR count). The zero-order chi connectivity index (χ0) is 26.3. The summed E-state index contributed by atoms with van der Waals surface area (Å²) >= 11 is 0. The lowest BCUT2D eigenvalue weighted by atomic mass is 10.0. The minimum atomic E-state index is -0.605. The second-order valence-corrected chi connectivity index (χ2v) is 10.8. The minimum Gasteiger partial charge on any atom is -0.456 e. The van der Waals surface area contributed by atoms with Gasteiger partial charge < -0.3 is 19.4 Å². The summed E-state index contributed by atoms with van der Waals surface area (Å²) in [6, 6.07) is 12.8. The van der Waals surface area contributed by atoms with Crippen molar-refractivity contribution < 1.29 is 23.9 Å². The van der Waals surface area contributed by atoms with Gasteiger partial charge in [-0.3, -0.25) is 19.7 Å². The van der Waals surface area contributed by atoms with Crippen LogP contribution in [0.2, 0.25) is 0 Å². The second-order valence-electron chi connectivity index (χ2n) is 10.8. The maximum atomic E-state index is 13.0. The number of carbonyl (C=O) groups excluding carboxylic acids is 4. The van der Waals surface area contributed by atoms with Gasteiger partial charge in [-0.1, -0.05) is 0 Å². The molecule has 1 N–H and O–H groups in total. The quantitative estimate of drug-likeness (QED) is 0.505. The van der Waals surface area contributed by atoms with Gasteiger partial charge in [-0.2, -0.15) is 0 Å². The van der Waals surface area contributed by atoms with E-state index >= 15 is 0 Å². The van der Waals surface area contributed by atoms with E-state index in [0.717, 1.165) is 43.1 Å². The molecule has 2 aromatic rings. The van der Waals surface area contributed by atoms with E-state index in [1.54, 1.807) is 4.90 Å². The summed E-state index contributed by atoms with van der Waals surface area (Å²) in [7, 11) is 0. The van der Waals surface area contributed by atoms with Gasteiger partial charge in [-0.25, -0.2) is 4.79 Å². The lowest BCUT2D eigenvalue weighted by Crippen LogP contribution is -2.52. The van der Waals surface area contributed by atoms with Crippen LogP contribution in [0.15, 0.2) is 42.5 Å². The molecule has 0 radical (unpaired) electrons. The molecular weight excluding hydrogens is 472 g/mol. The average Bonchev–Trinajstić information content (AvgIpc) is 3.18. The molecule has 0 aliphatic carbocycles. The monoisotopic (exact) mass is 504 g/mol. The van der Waals surface area contributed by atoms with Gasteiger partial charge in [0.2, 0.25) is 11.8 Å². The number of nitrogens with zero attached hydrogens (tertiary/aromatic N) is 3. The number of esters is 1. The SMILES string of the molecule is CC(C)(C)OC(=O)c1ccc(N2CCN(c3ccc4c(c3)CN(C3CCC(=O)NC3=O)C4=O)CC2)cc1. The van der Waals surface area contributed by atoms with Crippen LogP contribution in [0.3, 0.4) is 0 Å². The van der Waals surface area contributed by atoms with Crippen molar-refractivity contribution in [2.75, 3.05) is 36.0 Å². The van der Waals surface area contributed by atoms with Gasteiger partial charge in [0, 0.05) is 56.1 Å². The summed E-state index contributed by atoms with van der Waals surface area (Å²) in [6.45, 7) is 9.21. The van der Waals surface area contributed by atoms with Crippen LogP contribution in [-0.2, 0) is 20.9 Å². The van der Waals surface area contributed by atoms with Gasteiger partial charge in [0.05, 0.1) is 5.56 Å². The van der Waals surface area contributed by atoms with E-state index in [-0.39, 0.29) is 24.2 Å². The number of carbonyl (C=O) groups is 4. The Hall–Kier alpha value is -3.88. The molecule has 37 heavy (non-hydrogen) atoms. The van der Waals surface area contributed by atoms with Gasteiger partial charge in [0.25, 0.3) is 5.91 Å². The third kappa shape index (κ3) is 5.16. The van der Waals surface area contributed by atoms with E-state index in [2.05, 4.69) is 15.1 Å². The first kappa shape index (κ1) is 24.8. The molecule has 9 heteroatoms. The maximum Gasteiger partial charge on any atom is 0.338 e. The molecular formula is C28H32N4O5. The molecule has 2 fully saturated rings. The number of hydrogen-bond donors (Lipinski definition) is 1. The largest absolute Gasteiger partial charge is 0.456 e. The van der Waals surface area contributed by atoms with Crippen LogP contribution in [0.4, 0.5) is 11.4 Å². The first-order chi connectivity index (χ1) is 17.6. The van der Waals surface area contributed by atoms with Crippen molar-refractivity contribution in [1.82, 2.24) is 10.2 Å². The molecule has 1 unspecified atom stereocenters. The number of piperidine rings is 1. The highest BCUT2D eigenvalue weighted by molar-refractivity contribution is 6.05. The highest BCUT2D eigenvalue weighted by Crippen LogP contribution is 2.31. The minimum absolute atomic E-state index is 0.157. The van der Waals surface area contributed by atoms with Crippen LogP contribution in [0.1, 0.15) is 59.9 Å². The number of imide groups is 1. The Morgan fingerprint density at radius 1 is 0.919 bits per heavy atom. The topological polar surface area (TPSA) is 99.3 Å². The van der Waals surface area contributed by atoms with Crippen LogP contribution in [0.25, 0.3) is 0 Å². The third-order valence-electron chi connectivity index (χ3n) is 7.02. The standard InChI is InChI=1S/C28H32N4O5/c1-28(2,3)37-27(36)18-4-6-20(7-5-18)30-12-14-31(15-13-30)21-8-9-22-19(16-21)17-32(26(22)35)23-10-11-24(33)29-25(23)34/h4-9,16,23H,10-15,17H2,1-3H3,(H,29,33,34). The molecule has 0 spiro atoms. The highest BCUT2D eigenvalue weighted by Gasteiger charge is 2.39. The molecule has 2 saturated heterocycles. The van der Waals surface area contributed by atoms with Crippen LogP contribution in [0.5, 0.6) is 0 Å². The Morgan fingerprint density at radius 3 is 2.16 bits per heavy atom. The Balaban J connectivity index is 1.20. The molecule has 3 heterocycles. The van der Waals surface area contributed by atoms with Crippen molar-refractivity contribution in [3.05, 3.63) is 59.2 Å². The maximum absolute atomic E-state index is 13.0. The predicted molar refractivity (Wildman–Crippen MR) is 139 cm³/mol. The number of hydrogen-bond acceptors (Lipinski definition) is 7. The van der Waals surface area contributed by atoms with E-state index in [1.165, 1.54) is 0 Å². The van der Waals surface area contributed by atoms with Crippen LogP contribution in [-0.4, -0.2) is 66.4 Å². The molecule has 3 aliphatic rings. The van der Waals surface area contributed by atoms with Gasteiger partial charge in [0.15, 0.2) is 0 Å². The summed E-state index contributed by atoms with van der Waals surface area (Å²) < 4.78 is 5.44. The van der Waals surface area contributed by atoms with E-state index in [0.29, 0.717) is 24.1 Å². The number of benzene rings is 2. The van der Waals surface area contributed by atoms with Gasteiger partial charge in [-0.15, -0.1) is 0 Å². The van der Waals surface area contributed by atoms with Crippen molar-refractivity contribution in [3.8, 4) is 0 Å². The Morgan fingerprint density at radius 2 is 1.54 bits per heavy atom. The highest BCUT2D eigenvalue weighted by atomic mass is 16.6. The van der Waals surface area contributed by atoms with Gasteiger partial charge in [-0.05, 0) is 75.2 Å². The summed E-state index contributed by atoms with van der Waals surface area (Å²) in [5.41, 5.74) is 3.66. The first-order valence-electron chi connectivity index (χ1n) is 12.7. The van der Waals surface area contributed by atoms with Gasteiger partial charge in [0.1, 0.15) is 11.6 Å². The lowest BCUT2D eigenvalue weighted by Gasteiger charge is -2.37. The molecule has 0 bridgehead atoms. The third-order valence-corrected chi connectivity index (χ3v) is 7.02. The summed E-state index contributed by atoms with van der Waals surface area (Å²) in [5, 5.41) is 2.34. The summed E-state index contributed by atoms with van der Waals surface area (Å²) in [6.07, 6.45) is 0.605. The van der Waals surface area contributed by atoms with E-state index in [9.17, 15) is 19.2 Å². The van der Waals surface area contributed by atoms with E-state index in [4.69, 9.17) is 4.74 Å². The number of fused-ring (bicyclic) bond motifs is 1. The lowest BCUT2D eigenvalue weighted by molar-refractivity contribution is -0.136. The Kier molecular flexibility index (Phi) is 6.39. The molecule has 3 aliphatic heterocycles. The molecule has 1 atom stereocenters. The van der Waals surface area contributed by atoms with Crippen LogP contribution < -0.4 is 15.1 Å². The second kappa shape index (κ2) is 9.53. The van der Waals surface area contributed by atoms with Crippen molar-refractivity contribution in [1.29, 1.82) is 0 Å². The smallest absolute Gasteiger partial charge is 0.338 e. The van der Waals surface area contributed by atoms with Crippen molar-refractivity contribution in [3.63, 3.8) is 0 Å². The summed E-state index contributed by atoms with van der Waals surface area (Å²) in [4.78, 5) is 55.2. The zero-order valence-corrected chi connectivity index (χ0v) is 21.5. The molecule has 194 valence electrons. The number of anilines is 2. The number of rotatable bonds is 4. The van der Waals surface area contributed by atoms with Crippen molar-refractivity contribution in [2.45, 2.75) is 51.8 Å².